The third-order valence-electron chi connectivity index (χ3n) is 3.15. The summed E-state index contributed by atoms with van der Waals surface area (Å²) in [4.78, 5) is 4.72. The molecule has 17 heavy (non-hydrogen) atoms. The maximum absolute atomic E-state index is 4.72. The van der Waals surface area contributed by atoms with Gasteiger partial charge in [-0.15, -0.1) is 0 Å². The SMILES string of the molecule is C1=CC(C2=NCCNc3ccccc32)=CCC1. The molecule has 0 unspecified atom stereocenters. The summed E-state index contributed by atoms with van der Waals surface area (Å²) >= 11 is 0. The minimum absolute atomic E-state index is 0.842. The average Bonchev–Trinajstić information content (AvgIpc) is 2.62. The maximum atomic E-state index is 4.72. The molecule has 86 valence electrons. The zero-order valence-electron chi connectivity index (χ0n) is 9.82. The number of allylic oxidation sites excluding steroid dienone is 4. The average molecular weight is 224 g/mol. The van der Waals surface area contributed by atoms with Gasteiger partial charge >= 0.3 is 0 Å². The minimum atomic E-state index is 0.842. The second-order valence-corrected chi connectivity index (χ2v) is 4.34. The number of para-hydroxylation sites is 1. The summed E-state index contributed by atoms with van der Waals surface area (Å²) in [7, 11) is 0. The van der Waals surface area contributed by atoms with Gasteiger partial charge in [0.2, 0.25) is 0 Å². The number of fused-ring (bicyclic) bond motifs is 1. The molecule has 1 N–H and O–H groups in total. The molecule has 2 aliphatic rings. The third kappa shape index (κ3) is 2.03. The van der Waals surface area contributed by atoms with E-state index in [1.165, 1.54) is 16.8 Å². The Labute approximate surface area is 102 Å². The summed E-state index contributed by atoms with van der Waals surface area (Å²) in [5.41, 5.74) is 4.83. The lowest BCUT2D eigenvalue weighted by Crippen LogP contribution is -2.06. The van der Waals surface area contributed by atoms with Crippen molar-refractivity contribution in [1.29, 1.82) is 0 Å². The van der Waals surface area contributed by atoms with Gasteiger partial charge < -0.3 is 5.32 Å². The molecule has 0 spiro atoms. The molecule has 0 bridgehead atoms. The van der Waals surface area contributed by atoms with Crippen molar-refractivity contribution in [2.75, 3.05) is 18.4 Å². The molecule has 0 amide bonds. The number of hydrogen-bond acceptors (Lipinski definition) is 2. The van der Waals surface area contributed by atoms with Gasteiger partial charge in [0.25, 0.3) is 0 Å². The molecule has 1 heterocycles. The Kier molecular flexibility index (Phi) is 2.78. The Bertz CT molecular complexity index is 509. The molecule has 0 radical (unpaired) electrons. The van der Waals surface area contributed by atoms with Crippen LogP contribution in [0.3, 0.4) is 0 Å². The van der Waals surface area contributed by atoms with Crippen LogP contribution in [0.15, 0.2) is 53.1 Å². The molecule has 3 rings (SSSR count). The highest BCUT2D eigenvalue weighted by Crippen LogP contribution is 2.24. The number of benzodiazepines with no additional fused rings is 1. The Hall–Kier alpha value is -1.83. The molecule has 1 aliphatic heterocycles. The van der Waals surface area contributed by atoms with Gasteiger partial charge in [-0.25, -0.2) is 0 Å². The van der Waals surface area contributed by atoms with E-state index in [1.807, 2.05) is 0 Å². The minimum Gasteiger partial charge on any atom is -0.383 e. The standard InChI is InChI=1S/C15H16N2/c1-2-6-12(7-3-1)15-13-8-4-5-9-14(13)16-10-11-17-15/h2,4-9,16H,1,3,10-11H2. The van der Waals surface area contributed by atoms with E-state index in [0.29, 0.717) is 0 Å². The van der Waals surface area contributed by atoms with Gasteiger partial charge in [0.05, 0.1) is 12.3 Å². The van der Waals surface area contributed by atoms with Crippen LogP contribution in [0.25, 0.3) is 0 Å². The van der Waals surface area contributed by atoms with Gasteiger partial charge in [0.15, 0.2) is 0 Å². The molecular weight excluding hydrogens is 208 g/mol. The van der Waals surface area contributed by atoms with Crippen LogP contribution in [-0.4, -0.2) is 18.8 Å². The summed E-state index contributed by atoms with van der Waals surface area (Å²) in [6.45, 7) is 1.76. The molecule has 1 aromatic carbocycles. The monoisotopic (exact) mass is 224 g/mol. The predicted octanol–water partition coefficient (Wildman–Crippen LogP) is 3.18. The van der Waals surface area contributed by atoms with E-state index in [9.17, 15) is 0 Å². The van der Waals surface area contributed by atoms with Gasteiger partial charge in [-0.2, -0.15) is 0 Å². The Morgan fingerprint density at radius 2 is 2.06 bits per heavy atom. The molecule has 2 nitrogen and oxygen atoms in total. The van der Waals surface area contributed by atoms with E-state index in [0.717, 1.165) is 31.6 Å². The van der Waals surface area contributed by atoms with Gasteiger partial charge in [0.1, 0.15) is 0 Å². The van der Waals surface area contributed by atoms with Crippen LogP contribution in [0.2, 0.25) is 0 Å². The number of anilines is 1. The number of aliphatic imine (C=N–C) groups is 1. The Morgan fingerprint density at radius 1 is 1.12 bits per heavy atom. The fourth-order valence-corrected chi connectivity index (χ4v) is 2.32. The number of nitrogens with zero attached hydrogens (tertiary/aromatic N) is 1. The molecule has 0 fully saturated rings. The highest BCUT2D eigenvalue weighted by molar-refractivity contribution is 6.17. The molecule has 1 aromatic rings. The topological polar surface area (TPSA) is 24.4 Å². The van der Waals surface area contributed by atoms with Gasteiger partial charge in [-0.05, 0) is 24.5 Å². The second kappa shape index (κ2) is 4.58. The van der Waals surface area contributed by atoms with E-state index >= 15 is 0 Å². The normalized spacial score (nSPS) is 18.6. The van der Waals surface area contributed by atoms with Crippen molar-refractivity contribution in [2.24, 2.45) is 4.99 Å². The van der Waals surface area contributed by atoms with E-state index in [-0.39, 0.29) is 0 Å². The van der Waals surface area contributed by atoms with Crippen LogP contribution in [0.4, 0.5) is 5.69 Å². The van der Waals surface area contributed by atoms with Gasteiger partial charge in [0, 0.05) is 17.8 Å². The van der Waals surface area contributed by atoms with Crippen LogP contribution >= 0.6 is 0 Å². The molecule has 1 aliphatic carbocycles. The van der Waals surface area contributed by atoms with Crippen molar-refractivity contribution in [3.05, 3.63) is 53.6 Å². The highest BCUT2D eigenvalue weighted by atomic mass is 14.9. The largest absolute Gasteiger partial charge is 0.383 e. The maximum Gasteiger partial charge on any atom is 0.0737 e. The lowest BCUT2D eigenvalue weighted by Gasteiger charge is -2.12. The predicted molar refractivity (Wildman–Crippen MR) is 72.8 cm³/mol. The van der Waals surface area contributed by atoms with Crippen molar-refractivity contribution in [3.8, 4) is 0 Å². The molecule has 0 saturated heterocycles. The van der Waals surface area contributed by atoms with E-state index in [2.05, 4.69) is 47.8 Å². The lowest BCUT2D eigenvalue weighted by atomic mass is 9.96. The van der Waals surface area contributed by atoms with Gasteiger partial charge in [-0.3, -0.25) is 4.99 Å². The zero-order chi connectivity index (χ0) is 11.5. The number of nitrogens with one attached hydrogen (secondary N) is 1. The third-order valence-corrected chi connectivity index (χ3v) is 3.15. The molecule has 0 saturated carbocycles. The highest BCUT2D eigenvalue weighted by Gasteiger charge is 2.14. The zero-order valence-corrected chi connectivity index (χ0v) is 9.82. The molecule has 0 atom stereocenters. The van der Waals surface area contributed by atoms with Crippen LogP contribution in [0.1, 0.15) is 18.4 Å². The van der Waals surface area contributed by atoms with Crippen molar-refractivity contribution in [1.82, 2.24) is 0 Å². The van der Waals surface area contributed by atoms with Crippen LogP contribution in [-0.2, 0) is 0 Å². The van der Waals surface area contributed by atoms with Crippen LogP contribution in [0.5, 0.6) is 0 Å². The first-order valence-corrected chi connectivity index (χ1v) is 6.20. The Morgan fingerprint density at radius 3 is 2.94 bits per heavy atom. The van der Waals surface area contributed by atoms with Crippen molar-refractivity contribution in [3.63, 3.8) is 0 Å². The summed E-state index contributed by atoms with van der Waals surface area (Å²) < 4.78 is 0. The van der Waals surface area contributed by atoms with Crippen LogP contribution < -0.4 is 5.32 Å². The lowest BCUT2D eigenvalue weighted by molar-refractivity contribution is 1.02. The fourth-order valence-electron chi connectivity index (χ4n) is 2.32. The summed E-state index contributed by atoms with van der Waals surface area (Å²) in [5, 5.41) is 3.43. The number of benzene rings is 1. The second-order valence-electron chi connectivity index (χ2n) is 4.34. The smallest absolute Gasteiger partial charge is 0.0737 e. The summed E-state index contributed by atoms with van der Waals surface area (Å²) in [6, 6.07) is 8.42. The number of hydrogen-bond donors (Lipinski definition) is 1. The van der Waals surface area contributed by atoms with Crippen molar-refractivity contribution >= 4 is 11.4 Å². The van der Waals surface area contributed by atoms with E-state index in [1.54, 1.807) is 0 Å². The number of rotatable bonds is 1. The molecule has 2 heteroatoms. The fraction of sp³-hybridized carbons (Fsp3) is 0.267. The Balaban J connectivity index is 2.07. The van der Waals surface area contributed by atoms with Gasteiger partial charge in [-0.1, -0.05) is 36.4 Å². The van der Waals surface area contributed by atoms with E-state index in [4.69, 9.17) is 4.99 Å². The first kappa shape index (κ1) is 10.3. The summed E-state index contributed by atoms with van der Waals surface area (Å²) in [5.74, 6) is 0. The molecular formula is C15H16N2. The van der Waals surface area contributed by atoms with Crippen molar-refractivity contribution in [2.45, 2.75) is 12.8 Å². The first-order valence-electron chi connectivity index (χ1n) is 6.20. The molecule has 0 aromatic heterocycles. The first-order chi connectivity index (χ1) is 8.45. The summed E-state index contributed by atoms with van der Waals surface area (Å²) in [6.07, 6.45) is 9.00. The van der Waals surface area contributed by atoms with Crippen LogP contribution in [0, 0.1) is 0 Å². The van der Waals surface area contributed by atoms with Crippen molar-refractivity contribution < 1.29 is 0 Å². The quantitative estimate of drug-likeness (QED) is 0.778. The van der Waals surface area contributed by atoms with E-state index < -0.39 is 0 Å².